The molecular weight excluding hydrogens is 213 g/mol. The van der Waals surface area contributed by atoms with Gasteiger partial charge >= 0.3 is 0 Å². The van der Waals surface area contributed by atoms with Gasteiger partial charge in [0, 0.05) is 6.54 Å². The van der Waals surface area contributed by atoms with E-state index >= 15 is 0 Å². The van der Waals surface area contributed by atoms with Crippen LogP contribution in [-0.4, -0.2) is 13.1 Å². The molecule has 0 aliphatic carbocycles. The molecule has 0 saturated heterocycles. The quantitative estimate of drug-likeness (QED) is 0.796. The van der Waals surface area contributed by atoms with Gasteiger partial charge in [-0.05, 0) is 35.9 Å². The number of hydrogen-bond acceptors (Lipinski definition) is 1. The third-order valence-corrected chi connectivity index (χ3v) is 3.72. The van der Waals surface area contributed by atoms with E-state index < -0.39 is 0 Å². The first-order valence-electron chi connectivity index (χ1n) is 6.43. The minimum absolute atomic E-state index is 0.0872. The summed E-state index contributed by atoms with van der Waals surface area (Å²) < 4.78 is 13.7. The van der Waals surface area contributed by atoms with E-state index in [1.165, 1.54) is 0 Å². The molecule has 2 heteroatoms. The fraction of sp³-hybridized carbons (Fsp3) is 0.600. The lowest BCUT2D eigenvalue weighted by Gasteiger charge is -2.34. The van der Waals surface area contributed by atoms with E-state index in [9.17, 15) is 4.39 Å². The molecule has 0 fully saturated rings. The molecule has 0 saturated carbocycles. The van der Waals surface area contributed by atoms with Gasteiger partial charge in [-0.2, -0.15) is 0 Å². The summed E-state index contributed by atoms with van der Waals surface area (Å²) in [4.78, 5) is 0. The third-order valence-electron chi connectivity index (χ3n) is 3.72. The molecule has 0 radical (unpaired) electrons. The Morgan fingerprint density at radius 3 is 2.47 bits per heavy atom. The van der Waals surface area contributed by atoms with Crippen molar-refractivity contribution >= 4 is 0 Å². The zero-order valence-corrected chi connectivity index (χ0v) is 11.4. The molecule has 1 atom stereocenters. The second-order valence-corrected chi connectivity index (χ2v) is 5.36. The van der Waals surface area contributed by atoms with E-state index in [4.69, 9.17) is 0 Å². The molecule has 0 heterocycles. The van der Waals surface area contributed by atoms with Gasteiger partial charge < -0.3 is 5.32 Å². The van der Waals surface area contributed by atoms with E-state index in [1.807, 2.05) is 12.1 Å². The molecule has 1 aromatic rings. The summed E-state index contributed by atoms with van der Waals surface area (Å²) in [7, 11) is 0. The van der Waals surface area contributed by atoms with E-state index in [0.717, 1.165) is 25.1 Å². The maximum atomic E-state index is 13.7. The Bertz CT molecular complexity index is 349. The maximum Gasteiger partial charge on any atom is 0.126 e. The SMILES string of the molecule is CCNCC(C)(Cc1ccccc1F)C(C)C. The highest BCUT2D eigenvalue weighted by molar-refractivity contribution is 5.19. The van der Waals surface area contributed by atoms with Crippen LogP contribution in [0.15, 0.2) is 24.3 Å². The highest BCUT2D eigenvalue weighted by Crippen LogP contribution is 2.31. The number of rotatable bonds is 6. The number of hydrogen-bond donors (Lipinski definition) is 1. The monoisotopic (exact) mass is 237 g/mol. The molecule has 0 aliphatic rings. The van der Waals surface area contributed by atoms with Crippen molar-refractivity contribution in [2.75, 3.05) is 13.1 Å². The average molecular weight is 237 g/mol. The smallest absolute Gasteiger partial charge is 0.126 e. The van der Waals surface area contributed by atoms with Crippen LogP contribution in [0.5, 0.6) is 0 Å². The minimum atomic E-state index is -0.0872. The maximum absolute atomic E-state index is 13.7. The van der Waals surface area contributed by atoms with Crippen LogP contribution in [0.4, 0.5) is 4.39 Å². The van der Waals surface area contributed by atoms with Crippen LogP contribution in [0.3, 0.4) is 0 Å². The van der Waals surface area contributed by atoms with Crippen molar-refractivity contribution < 1.29 is 4.39 Å². The molecule has 1 N–H and O–H groups in total. The number of nitrogens with one attached hydrogen (secondary N) is 1. The summed E-state index contributed by atoms with van der Waals surface area (Å²) in [6, 6.07) is 7.09. The molecule has 1 nitrogen and oxygen atoms in total. The molecule has 96 valence electrons. The largest absolute Gasteiger partial charge is 0.316 e. The van der Waals surface area contributed by atoms with Gasteiger partial charge in [0.1, 0.15) is 5.82 Å². The summed E-state index contributed by atoms with van der Waals surface area (Å²) in [6.45, 7) is 10.6. The van der Waals surface area contributed by atoms with Crippen LogP contribution in [0.1, 0.15) is 33.3 Å². The Kier molecular flexibility index (Phi) is 5.13. The van der Waals surface area contributed by atoms with Crippen LogP contribution in [-0.2, 0) is 6.42 Å². The molecule has 1 unspecified atom stereocenters. The lowest BCUT2D eigenvalue weighted by atomic mass is 9.74. The van der Waals surface area contributed by atoms with Gasteiger partial charge in [0.25, 0.3) is 0 Å². The van der Waals surface area contributed by atoms with Crippen molar-refractivity contribution in [3.63, 3.8) is 0 Å². The Hall–Kier alpha value is -0.890. The summed E-state index contributed by atoms with van der Waals surface area (Å²) in [5.41, 5.74) is 0.916. The van der Waals surface area contributed by atoms with Gasteiger partial charge in [-0.25, -0.2) is 4.39 Å². The average Bonchev–Trinajstić information content (AvgIpc) is 2.29. The van der Waals surface area contributed by atoms with Gasteiger partial charge in [-0.15, -0.1) is 0 Å². The first kappa shape index (κ1) is 14.2. The van der Waals surface area contributed by atoms with Crippen molar-refractivity contribution in [2.45, 2.75) is 34.1 Å². The molecule has 0 spiro atoms. The molecular formula is C15H24FN. The summed E-state index contributed by atoms with van der Waals surface area (Å²) in [5.74, 6) is 0.428. The lowest BCUT2D eigenvalue weighted by molar-refractivity contribution is 0.207. The van der Waals surface area contributed by atoms with Gasteiger partial charge in [0.05, 0.1) is 0 Å². The second-order valence-electron chi connectivity index (χ2n) is 5.36. The molecule has 0 aromatic heterocycles. The zero-order valence-electron chi connectivity index (χ0n) is 11.4. The highest BCUT2D eigenvalue weighted by Gasteiger charge is 2.28. The topological polar surface area (TPSA) is 12.0 Å². The first-order chi connectivity index (χ1) is 7.99. The number of halogens is 1. The van der Waals surface area contributed by atoms with Gasteiger partial charge in [0.15, 0.2) is 0 Å². The Balaban J connectivity index is 2.83. The second kappa shape index (κ2) is 6.15. The van der Waals surface area contributed by atoms with E-state index in [-0.39, 0.29) is 11.2 Å². The van der Waals surface area contributed by atoms with Gasteiger partial charge in [-0.1, -0.05) is 45.9 Å². The van der Waals surface area contributed by atoms with E-state index in [1.54, 1.807) is 12.1 Å². The fourth-order valence-electron chi connectivity index (χ4n) is 1.96. The molecule has 0 amide bonds. The summed E-state index contributed by atoms with van der Waals surface area (Å²) in [5, 5.41) is 3.39. The van der Waals surface area contributed by atoms with Crippen LogP contribution in [0, 0.1) is 17.2 Å². The standard InChI is InChI=1S/C15H24FN/c1-5-17-11-15(4,12(2)3)10-13-8-6-7-9-14(13)16/h6-9,12,17H,5,10-11H2,1-4H3. The molecule has 17 heavy (non-hydrogen) atoms. The lowest BCUT2D eigenvalue weighted by Crippen LogP contribution is -2.38. The molecule has 0 bridgehead atoms. The predicted octanol–water partition coefficient (Wildman–Crippen LogP) is 3.64. The van der Waals surface area contributed by atoms with E-state index in [2.05, 4.69) is 33.0 Å². The first-order valence-corrected chi connectivity index (χ1v) is 6.43. The van der Waals surface area contributed by atoms with Crippen LogP contribution in [0.25, 0.3) is 0 Å². The van der Waals surface area contributed by atoms with Crippen molar-refractivity contribution in [1.29, 1.82) is 0 Å². The summed E-state index contributed by atoms with van der Waals surface area (Å²) >= 11 is 0. The van der Waals surface area contributed by atoms with Gasteiger partial charge in [0.2, 0.25) is 0 Å². The van der Waals surface area contributed by atoms with Gasteiger partial charge in [-0.3, -0.25) is 0 Å². The van der Waals surface area contributed by atoms with E-state index in [0.29, 0.717) is 5.92 Å². The highest BCUT2D eigenvalue weighted by atomic mass is 19.1. The minimum Gasteiger partial charge on any atom is -0.316 e. The molecule has 0 aliphatic heterocycles. The fourth-order valence-corrected chi connectivity index (χ4v) is 1.96. The third kappa shape index (κ3) is 3.81. The number of benzene rings is 1. The van der Waals surface area contributed by atoms with Crippen LogP contribution < -0.4 is 5.32 Å². The van der Waals surface area contributed by atoms with Crippen LogP contribution >= 0.6 is 0 Å². The van der Waals surface area contributed by atoms with Crippen molar-refractivity contribution in [3.8, 4) is 0 Å². The zero-order chi connectivity index (χ0) is 12.9. The van der Waals surface area contributed by atoms with Crippen molar-refractivity contribution in [2.24, 2.45) is 11.3 Å². The van der Waals surface area contributed by atoms with Crippen molar-refractivity contribution in [3.05, 3.63) is 35.6 Å². The Morgan fingerprint density at radius 2 is 1.94 bits per heavy atom. The Labute approximate surface area is 104 Å². The Morgan fingerprint density at radius 1 is 1.29 bits per heavy atom. The summed E-state index contributed by atoms with van der Waals surface area (Å²) in [6.07, 6.45) is 0.782. The van der Waals surface area contributed by atoms with Crippen molar-refractivity contribution in [1.82, 2.24) is 5.32 Å². The predicted molar refractivity (Wildman–Crippen MR) is 71.6 cm³/mol. The normalized spacial score (nSPS) is 14.9. The molecule has 1 aromatic carbocycles. The van der Waals surface area contributed by atoms with Crippen LogP contribution in [0.2, 0.25) is 0 Å². The molecule has 1 rings (SSSR count).